The van der Waals surface area contributed by atoms with Crippen molar-refractivity contribution < 1.29 is 14.6 Å². The molecule has 4 heteroatoms. The molecule has 0 bridgehead atoms. The monoisotopic (exact) mass is 257 g/mol. The molecule has 0 atom stereocenters. The Morgan fingerprint density at radius 2 is 2.00 bits per heavy atom. The van der Waals surface area contributed by atoms with Gasteiger partial charge in [-0.3, -0.25) is 9.69 Å². The number of carboxylic acids is 1. The van der Waals surface area contributed by atoms with Crippen LogP contribution in [0.25, 0.3) is 0 Å². The summed E-state index contributed by atoms with van der Waals surface area (Å²) in [6.45, 7) is 6.47. The number of ether oxygens (including phenoxy) is 1. The molecule has 0 aromatic rings. The number of nitrogens with zero attached hydrogens (tertiary/aromatic N) is 1. The largest absolute Gasteiger partial charge is 0.481 e. The van der Waals surface area contributed by atoms with Crippen LogP contribution in [0, 0.1) is 5.41 Å². The molecule has 0 saturated heterocycles. The van der Waals surface area contributed by atoms with E-state index in [1.165, 1.54) is 12.8 Å². The maximum atomic E-state index is 11.0. The van der Waals surface area contributed by atoms with E-state index in [0.717, 1.165) is 45.0 Å². The van der Waals surface area contributed by atoms with Gasteiger partial charge >= 0.3 is 5.97 Å². The van der Waals surface area contributed by atoms with Gasteiger partial charge in [0.2, 0.25) is 0 Å². The minimum absolute atomic E-state index is 0.586. The zero-order valence-electron chi connectivity index (χ0n) is 11.9. The second kappa shape index (κ2) is 7.10. The molecule has 0 amide bonds. The zero-order valence-corrected chi connectivity index (χ0v) is 11.9. The summed E-state index contributed by atoms with van der Waals surface area (Å²) in [6, 6.07) is 0.757. The van der Waals surface area contributed by atoms with Crippen molar-refractivity contribution in [2.45, 2.75) is 52.0 Å². The normalized spacial score (nSPS) is 16.2. The van der Waals surface area contributed by atoms with Crippen molar-refractivity contribution in [3.05, 3.63) is 0 Å². The third-order valence-corrected chi connectivity index (χ3v) is 3.72. The van der Waals surface area contributed by atoms with Gasteiger partial charge in [0, 0.05) is 19.7 Å². The van der Waals surface area contributed by atoms with Crippen molar-refractivity contribution in [2.24, 2.45) is 5.41 Å². The van der Waals surface area contributed by atoms with Gasteiger partial charge in [-0.2, -0.15) is 0 Å². The van der Waals surface area contributed by atoms with Gasteiger partial charge in [-0.25, -0.2) is 0 Å². The first-order valence-corrected chi connectivity index (χ1v) is 6.94. The van der Waals surface area contributed by atoms with Crippen LogP contribution in [0.5, 0.6) is 0 Å². The number of carboxylic acid groups (broad SMARTS) is 1. The molecule has 1 rings (SSSR count). The molecule has 4 nitrogen and oxygen atoms in total. The Morgan fingerprint density at radius 1 is 1.33 bits per heavy atom. The van der Waals surface area contributed by atoms with Crippen LogP contribution in [0.3, 0.4) is 0 Å². The van der Waals surface area contributed by atoms with Crippen LogP contribution >= 0.6 is 0 Å². The Morgan fingerprint density at radius 3 is 2.50 bits per heavy atom. The van der Waals surface area contributed by atoms with E-state index in [-0.39, 0.29) is 0 Å². The molecular formula is C14H27NO3. The molecule has 106 valence electrons. The molecule has 1 fully saturated rings. The quantitative estimate of drug-likeness (QED) is 0.610. The highest BCUT2D eigenvalue weighted by atomic mass is 16.5. The van der Waals surface area contributed by atoms with Crippen molar-refractivity contribution in [3.8, 4) is 0 Å². The highest BCUT2D eigenvalue weighted by molar-refractivity contribution is 5.73. The Kier molecular flexibility index (Phi) is 6.09. The summed E-state index contributed by atoms with van der Waals surface area (Å²) in [5, 5.41) is 9.04. The predicted molar refractivity (Wildman–Crippen MR) is 71.7 cm³/mol. The molecule has 0 aliphatic heterocycles. The van der Waals surface area contributed by atoms with Gasteiger partial charge in [-0.15, -0.1) is 0 Å². The Labute approximate surface area is 110 Å². The van der Waals surface area contributed by atoms with Gasteiger partial charge in [0.15, 0.2) is 0 Å². The van der Waals surface area contributed by atoms with Crippen molar-refractivity contribution in [1.82, 2.24) is 4.90 Å². The average Bonchev–Trinajstić information content (AvgIpc) is 3.12. The van der Waals surface area contributed by atoms with Crippen molar-refractivity contribution >= 4 is 5.97 Å². The second-order valence-electron chi connectivity index (χ2n) is 5.91. The summed E-state index contributed by atoms with van der Waals surface area (Å²) in [4.78, 5) is 13.5. The summed E-state index contributed by atoms with van der Waals surface area (Å²) in [5.74, 6) is -0.694. The fourth-order valence-corrected chi connectivity index (χ4v) is 2.11. The summed E-state index contributed by atoms with van der Waals surface area (Å²) >= 11 is 0. The van der Waals surface area contributed by atoms with Crippen molar-refractivity contribution in [1.29, 1.82) is 0 Å². The van der Waals surface area contributed by atoms with E-state index < -0.39 is 11.4 Å². The number of carbonyl (C=O) groups is 1. The molecule has 18 heavy (non-hydrogen) atoms. The van der Waals surface area contributed by atoms with E-state index in [1.807, 2.05) is 0 Å². The number of methoxy groups -OCH3 is 1. The van der Waals surface area contributed by atoms with Crippen LogP contribution in [0.1, 0.15) is 46.0 Å². The van der Waals surface area contributed by atoms with Crippen LogP contribution in [-0.2, 0) is 9.53 Å². The standard InChI is InChI=1S/C14H27NO3/c1-14(2,13(16)17)8-4-5-9-15(10-11-18-3)12-6-7-12/h12H,4-11H2,1-3H3,(H,16,17). The van der Waals surface area contributed by atoms with E-state index in [1.54, 1.807) is 21.0 Å². The van der Waals surface area contributed by atoms with Crippen LogP contribution in [0.2, 0.25) is 0 Å². The highest BCUT2D eigenvalue weighted by Crippen LogP contribution is 2.28. The van der Waals surface area contributed by atoms with Gasteiger partial charge in [0.1, 0.15) is 0 Å². The van der Waals surface area contributed by atoms with Gasteiger partial charge in [-0.1, -0.05) is 6.42 Å². The summed E-state index contributed by atoms with van der Waals surface area (Å²) in [7, 11) is 1.74. The molecule has 0 aromatic heterocycles. The minimum atomic E-state index is -0.694. The van der Waals surface area contributed by atoms with Crippen molar-refractivity contribution in [2.75, 3.05) is 26.8 Å². The number of unbranched alkanes of at least 4 members (excludes halogenated alkanes) is 1. The first kappa shape index (κ1) is 15.4. The van der Waals surface area contributed by atoms with Gasteiger partial charge in [0.05, 0.1) is 12.0 Å². The number of hydrogen-bond acceptors (Lipinski definition) is 3. The van der Waals surface area contributed by atoms with Crippen LogP contribution in [0.15, 0.2) is 0 Å². The lowest BCUT2D eigenvalue weighted by atomic mass is 9.87. The van der Waals surface area contributed by atoms with Crippen LogP contribution in [0.4, 0.5) is 0 Å². The highest BCUT2D eigenvalue weighted by Gasteiger charge is 2.29. The Hall–Kier alpha value is -0.610. The maximum absolute atomic E-state index is 11.0. The molecule has 1 N–H and O–H groups in total. The SMILES string of the molecule is COCCN(CCCCC(C)(C)C(=O)O)C1CC1. The lowest BCUT2D eigenvalue weighted by molar-refractivity contribution is -0.147. The topological polar surface area (TPSA) is 49.8 Å². The van der Waals surface area contributed by atoms with Gasteiger partial charge in [0.25, 0.3) is 0 Å². The van der Waals surface area contributed by atoms with Gasteiger partial charge in [-0.05, 0) is 46.1 Å². The molecule has 0 unspecified atom stereocenters. The summed E-state index contributed by atoms with van der Waals surface area (Å²) < 4.78 is 5.12. The second-order valence-corrected chi connectivity index (χ2v) is 5.91. The molecular weight excluding hydrogens is 230 g/mol. The van der Waals surface area contributed by atoms with E-state index in [9.17, 15) is 4.79 Å². The summed E-state index contributed by atoms with van der Waals surface area (Å²) in [5.41, 5.74) is -0.586. The first-order valence-electron chi connectivity index (χ1n) is 6.94. The summed E-state index contributed by atoms with van der Waals surface area (Å²) in [6.07, 6.45) is 5.44. The number of aliphatic carboxylic acids is 1. The van der Waals surface area contributed by atoms with Crippen LogP contribution in [-0.4, -0.2) is 48.8 Å². The molecule has 0 heterocycles. The van der Waals surface area contributed by atoms with E-state index in [0.29, 0.717) is 0 Å². The van der Waals surface area contributed by atoms with Crippen molar-refractivity contribution in [3.63, 3.8) is 0 Å². The molecule has 1 aliphatic carbocycles. The minimum Gasteiger partial charge on any atom is -0.481 e. The zero-order chi connectivity index (χ0) is 13.6. The Balaban J connectivity index is 2.16. The van der Waals surface area contributed by atoms with E-state index >= 15 is 0 Å². The number of hydrogen-bond donors (Lipinski definition) is 1. The third kappa shape index (κ3) is 5.36. The maximum Gasteiger partial charge on any atom is 0.309 e. The lowest BCUT2D eigenvalue weighted by Crippen LogP contribution is -2.31. The third-order valence-electron chi connectivity index (χ3n) is 3.72. The molecule has 1 aliphatic rings. The first-order chi connectivity index (χ1) is 8.47. The molecule has 0 aromatic carbocycles. The smallest absolute Gasteiger partial charge is 0.309 e. The fourth-order valence-electron chi connectivity index (χ4n) is 2.11. The molecule has 1 saturated carbocycles. The number of rotatable bonds is 10. The Bertz CT molecular complexity index is 262. The van der Waals surface area contributed by atoms with E-state index in [2.05, 4.69) is 4.90 Å². The molecule has 0 radical (unpaired) electrons. The average molecular weight is 257 g/mol. The fraction of sp³-hybridized carbons (Fsp3) is 0.929. The predicted octanol–water partition coefficient (Wildman–Crippen LogP) is 2.38. The molecule has 0 spiro atoms. The van der Waals surface area contributed by atoms with E-state index in [4.69, 9.17) is 9.84 Å². The lowest BCUT2D eigenvalue weighted by Gasteiger charge is -2.23. The van der Waals surface area contributed by atoms with Gasteiger partial charge < -0.3 is 9.84 Å². The van der Waals surface area contributed by atoms with Crippen LogP contribution < -0.4 is 0 Å².